The van der Waals surface area contributed by atoms with Gasteiger partial charge in [-0.05, 0) is 19.8 Å². The molecule has 1 unspecified atom stereocenters. The molecule has 2 aliphatic heterocycles. The minimum Gasteiger partial charge on any atom is -0.442 e. The van der Waals surface area contributed by atoms with Crippen LogP contribution in [0.25, 0.3) is 11.1 Å². The van der Waals surface area contributed by atoms with Gasteiger partial charge in [0.1, 0.15) is 23.6 Å². The first-order chi connectivity index (χ1) is 13.0. The number of fused-ring (bicyclic) bond motifs is 1. The molecule has 0 radical (unpaired) electrons. The average Bonchev–Trinajstić information content (AvgIpc) is 3.32. The molecule has 27 heavy (non-hydrogen) atoms. The van der Waals surface area contributed by atoms with Gasteiger partial charge >= 0.3 is 0 Å². The van der Waals surface area contributed by atoms with Crippen molar-refractivity contribution in [3.05, 3.63) is 28.0 Å². The molecule has 2 aromatic heterocycles. The molecule has 2 amide bonds. The highest BCUT2D eigenvalue weighted by Crippen LogP contribution is 2.23. The third-order valence-electron chi connectivity index (χ3n) is 5.25. The topological polar surface area (TPSA) is 97.9 Å². The predicted octanol–water partition coefficient (Wildman–Crippen LogP) is 0.298. The van der Waals surface area contributed by atoms with Gasteiger partial charge in [0.2, 0.25) is 5.71 Å². The van der Waals surface area contributed by atoms with E-state index in [0.29, 0.717) is 38.5 Å². The van der Waals surface area contributed by atoms with E-state index in [2.05, 4.69) is 4.98 Å². The van der Waals surface area contributed by atoms with Crippen molar-refractivity contribution < 1.29 is 18.7 Å². The van der Waals surface area contributed by atoms with Crippen molar-refractivity contribution in [1.82, 2.24) is 19.4 Å². The Balaban J connectivity index is 1.52. The minimum atomic E-state index is -0.346. The number of aromatic nitrogens is 2. The molecule has 2 aromatic rings. The Bertz CT molecular complexity index is 949. The second-order valence-electron chi connectivity index (χ2n) is 6.99. The van der Waals surface area contributed by atoms with E-state index in [1.165, 1.54) is 10.9 Å². The van der Waals surface area contributed by atoms with Crippen LogP contribution in [0.3, 0.4) is 0 Å². The molecule has 4 rings (SSSR count). The molecule has 0 N–H and O–H groups in total. The second-order valence-corrected chi connectivity index (χ2v) is 6.99. The lowest BCUT2D eigenvalue weighted by Gasteiger charge is -2.35. The van der Waals surface area contributed by atoms with Crippen LogP contribution in [0.5, 0.6) is 0 Å². The molecule has 0 aromatic carbocycles. The van der Waals surface area contributed by atoms with E-state index >= 15 is 0 Å². The van der Waals surface area contributed by atoms with Crippen molar-refractivity contribution in [2.75, 3.05) is 32.8 Å². The van der Waals surface area contributed by atoms with Crippen LogP contribution < -0.4 is 5.56 Å². The van der Waals surface area contributed by atoms with Crippen molar-refractivity contribution in [1.29, 1.82) is 0 Å². The first-order valence-electron chi connectivity index (χ1n) is 9.11. The number of piperazine rings is 1. The number of carbonyl (C=O) groups excluding carboxylic acids is 2. The molecule has 2 saturated heterocycles. The van der Waals surface area contributed by atoms with Crippen LogP contribution in [-0.2, 0) is 16.6 Å². The van der Waals surface area contributed by atoms with Crippen LogP contribution in [0, 0.1) is 6.92 Å². The summed E-state index contributed by atoms with van der Waals surface area (Å²) in [6, 6.07) is 0. The SMILES string of the molecule is Cc1oc2ncn(C)c(=O)c2c1C(=O)N1CCN(C(=O)C2CCCO2)CC1. The lowest BCUT2D eigenvalue weighted by molar-refractivity contribution is -0.142. The van der Waals surface area contributed by atoms with Gasteiger partial charge < -0.3 is 23.5 Å². The summed E-state index contributed by atoms with van der Waals surface area (Å²) in [7, 11) is 1.58. The summed E-state index contributed by atoms with van der Waals surface area (Å²) in [6.45, 7) is 4.01. The average molecular weight is 374 g/mol. The monoisotopic (exact) mass is 374 g/mol. The fraction of sp³-hybridized carbons (Fsp3) is 0.556. The first-order valence-corrected chi connectivity index (χ1v) is 9.11. The summed E-state index contributed by atoms with van der Waals surface area (Å²) in [5, 5.41) is 0.209. The van der Waals surface area contributed by atoms with Gasteiger partial charge in [0.05, 0.1) is 5.56 Å². The molecule has 9 heteroatoms. The third kappa shape index (κ3) is 3.01. The standard InChI is InChI=1S/C18H22N4O5/c1-11-13(14-15(27-11)19-10-20(2)17(14)24)18(25)22-7-5-21(6-8-22)16(23)12-4-3-9-26-12/h10,12H,3-9H2,1-2H3. The molecule has 0 aliphatic carbocycles. The Hall–Kier alpha value is -2.68. The lowest BCUT2D eigenvalue weighted by Crippen LogP contribution is -2.53. The fourth-order valence-electron chi connectivity index (χ4n) is 3.71. The van der Waals surface area contributed by atoms with Gasteiger partial charge in [-0.25, -0.2) is 4.98 Å². The maximum absolute atomic E-state index is 13.1. The molecular formula is C18H22N4O5. The van der Waals surface area contributed by atoms with Crippen molar-refractivity contribution >= 4 is 22.9 Å². The fourth-order valence-corrected chi connectivity index (χ4v) is 3.71. The van der Waals surface area contributed by atoms with Gasteiger partial charge in [-0.15, -0.1) is 0 Å². The van der Waals surface area contributed by atoms with Crippen molar-refractivity contribution in [3.63, 3.8) is 0 Å². The van der Waals surface area contributed by atoms with E-state index in [-0.39, 0.29) is 40.1 Å². The van der Waals surface area contributed by atoms with Crippen LogP contribution in [0.2, 0.25) is 0 Å². The van der Waals surface area contributed by atoms with Gasteiger partial charge in [0.25, 0.3) is 17.4 Å². The summed E-state index contributed by atoms with van der Waals surface area (Å²) in [4.78, 5) is 45.5. The molecule has 0 bridgehead atoms. The Morgan fingerprint density at radius 1 is 1.19 bits per heavy atom. The summed E-state index contributed by atoms with van der Waals surface area (Å²) in [5.41, 5.74) is 0.121. The summed E-state index contributed by atoms with van der Waals surface area (Å²) >= 11 is 0. The zero-order valence-corrected chi connectivity index (χ0v) is 15.4. The highest BCUT2D eigenvalue weighted by atomic mass is 16.5. The maximum Gasteiger partial charge on any atom is 0.265 e. The second kappa shape index (κ2) is 6.80. The van der Waals surface area contributed by atoms with E-state index in [1.54, 1.807) is 23.8 Å². The van der Waals surface area contributed by atoms with Gasteiger partial charge in [0, 0.05) is 39.8 Å². The first kappa shape index (κ1) is 17.7. The number of hydrogen-bond acceptors (Lipinski definition) is 6. The molecular weight excluding hydrogens is 352 g/mol. The largest absolute Gasteiger partial charge is 0.442 e. The van der Waals surface area contributed by atoms with Crippen molar-refractivity contribution in [2.45, 2.75) is 25.9 Å². The lowest BCUT2D eigenvalue weighted by atomic mass is 10.1. The molecule has 9 nitrogen and oxygen atoms in total. The van der Waals surface area contributed by atoms with E-state index < -0.39 is 0 Å². The van der Waals surface area contributed by atoms with E-state index in [1.807, 2.05) is 0 Å². The van der Waals surface area contributed by atoms with Crippen LogP contribution in [0.1, 0.15) is 29.0 Å². The van der Waals surface area contributed by atoms with Crippen LogP contribution >= 0.6 is 0 Å². The Morgan fingerprint density at radius 3 is 2.56 bits per heavy atom. The number of ether oxygens (including phenoxy) is 1. The quantitative estimate of drug-likeness (QED) is 0.750. The highest BCUT2D eigenvalue weighted by molar-refractivity contribution is 6.06. The normalized spacial score (nSPS) is 20.4. The Labute approximate surface area is 155 Å². The van der Waals surface area contributed by atoms with E-state index in [0.717, 1.165) is 12.8 Å². The third-order valence-corrected chi connectivity index (χ3v) is 5.25. The molecule has 2 aliphatic rings. The van der Waals surface area contributed by atoms with E-state index in [4.69, 9.17) is 9.15 Å². The van der Waals surface area contributed by atoms with E-state index in [9.17, 15) is 14.4 Å². The number of hydrogen-bond donors (Lipinski definition) is 0. The number of carbonyl (C=O) groups is 2. The summed E-state index contributed by atoms with van der Waals surface area (Å²) in [6.07, 6.45) is 2.69. The van der Waals surface area contributed by atoms with Crippen LogP contribution in [-0.4, -0.2) is 70.1 Å². The molecule has 1 atom stereocenters. The predicted molar refractivity (Wildman–Crippen MR) is 95.4 cm³/mol. The maximum atomic E-state index is 13.1. The minimum absolute atomic E-state index is 0.00242. The molecule has 0 saturated carbocycles. The number of aryl methyl sites for hydroxylation is 2. The van der Waals surface area contributed by atoms with Crippen molar-refractivity contribution in [3.8, 4) is 0 Å². The number of nitrogens with zero attached hydrogens (tertiary/aromatic N) is 4. The zero-order chi connectivity index (χ0) is 19.1. The van der Waals surface area contributed by atoms with Gasteiger partial charge in [-0.1, -0.05) is 0 Å². The van der Waals surface area contributed by atoms with Crippen LogP contribution in [0.15, 0.2) is 15.5 Å². The Kier molecular flexibility index (Phi) is 4.47. The Morgan fingerprint density at radius 2 is 1.89 bits per heavy atom. The number of rotatable bonds is 2. The molecule has 4 heterocycles. The molecule has 0 spiro atoms. The number of amides is 2. The summed E-state index contributed by atoms with van der Waals surface area (Å²) < 4.78 is 12.3. The zero-order valence-electron chi connectivity index (χ0n) is 15.4. The molecule has 2 fully saturated rings. The van der Waals surface area contributed by atoms with Gasteiger partial charge in [-0.2, -0.15) is 0 Å². The number of furan rings is 1. The smallest absolute Gasteiger partial charge is 0.265 e. The van der Waals surface area contributed by atoms with Gasteiger partial charge in [0.15, 0.2) is 0 Å². The van der Waals surface area contributed by atoms with Crippen molar-refractivity contribution in [2.24, 2.45) is 7.05 Å². The highest BCUT2D eigenvalue weighted by Gasteiger charge is 2.33. The molecule has 144 valence electrons. The van der Waals surface area contributed by atoms with Crippen LogP contribution in [0.4, 0.5) is 0 Å². The summed E-state index contributed by atoms with van der Waals surface area (Å²) in [5.74, 6) is 0.117. The van der Waals surface area contributed by atoms with Gasteiger partial charge in [-0.3, -0.25) is 14.4 Å².